The number of esters is 1. The topological polar surface area (TPSA) is 41.6 Å². The minimum absolute atomic E-state index is 0.0617. The fraction of sp³-hybridized carbons (Fsp3) is 0.938. The van der Waals surface area contributed by atoms with Gasteiger partial charge in [-0.2, -0.15) is 0 Å². The van der Waals surface area contributed by atoms with E-state index in [2.05, 4.69) is 24.1 Å². The summed E-state index contributed by atoms with van der Waals surface area (Å²) < 4.78 is 5.36. The number of rotatable bonds is 6. The number of likely N-dealkylation sites (N-methyl/N-ethyl adjacent to an activating group) is 1. The fourth-order valence-electron chi connectivity index (χ4n) is 3.61. The number of hydrogen-bond donors (Lipinski definition) is 1. The molecular formula is C16H30N2O2. The van der Waals surface area contributed by atoms with E-state index in [0.717, 1.165) is 32.5 Å². The highest BCUT2D eigenvalue weighted by molar-refractivity contribution is 5.82. The normalized spacial score (nSPS) is 26.0. The van der Waals surface area contributed by atoms with Gasteiger partial charge in [-0.1, -0.05) is 13.8 Å². The summed E-state index contributed by atoms with van der Waals surface area (Å²) in [6.07, 6.45) is 4.77. The zero-order chi connectivity index (χ0) is 14.8. The van der Waals surface area contributed by atoms with Gasteiger partial charge in [0.1, 0.15) is 5.54 Å². The summed E-state index contributed by atoms with van der Waals surface area (Å²) in [5.74, 6) is 0.380. The van der Waals surface area contributed by atoms with Crippen LogP contribution in [0.15, 0.2) is 0 Å². The Morgan fingerprint density at radius 3 is 2.65 bits per heavy atom. The minimum atomic E-state index is -0.497. The van der Waals surface area contributed by atoms with Crippen LogP contribution in [0, 0.1) is 11.3 Å². The molecule has 0 aromatic rings. The van der Waals surface area contributed by atoms with Gasteiger partial charge in [0.25, 0.3) is 0 Å². The number of ether oxygens (including phenoxy) is 1. The first-order valence-electron chi connectivity index (χ1n) is 8.02. The summed E-state index contributed by atoms with van der Waals surface area (Å²) in [5, 5.41) is 3.32. The minimum Gasteiger partial charge on any atom is -0.465 e. The second-order valence-corrected chi connectivity index (χ2v) is 7.19. The van der Waals surface area contributed by atoms with Gasteiger partial charge in [0, 0.05) is 13.1 Å². The number of piperidine rings is 1. The van der Waals surface area contributed by atoms with Gasteiger partial charge >= 0.3 is 5.97 Å². The third kappa shape index (κ3) is 3.34. The lowest BCUT2D eigenvalue weighted by atomic mass is 9.82. The Bertz CT molecular complexity index is 352. The molecule has 1 heterocycles. The van der Waals surface area contributed by atoms with Gasteiger partial charge in [0.05, 0.1) is 6.61 Å². The largest absolute Gasteiger partial charge is 0.465 e. The lowest BCUT2D eigenvalue weighted by molar-refractivity contribution is -0.153. The lowest BCUT2D eigenvalue weighted by Crippen LogP contribution is -2.61. The van der Waals surface area contributed by atoms with E-state index in [1.807, 2.05) is 14.0 Å². The van der Waals surface area contributed by atoms with Crippen molar-refractivity contribution in [1.29, 1.82) is 0 Å². The van der Waals surface area contributed by atoms with Crippen molar-refractivity contribution in [2.24, 2.45) is 11.3 Å². The van der Waals surface area contributed by atoms with Crippen molar-refractivity contribution in [2.75, 3.05) is 33.3 Å². The molecule has 0 amide bonds. The van der Waals surface area contributed by atoms with E-state index < -0.39 is 5.54 Å². The molecule has 2 aliphatic rings. The maximum absolute atomic E-state index is 12.5. The predicted molar refractivity (Wildman–Crippen MR) is 80.6 cm³/mol. The van der Waals surface area contributed by atoms with E-state index in [-0.39, 0.29) is 5.97 Å². The highest BCUT2D eigenvalue weighted by Crippen LogP contribution is 2.41. The molecule has 116 valence electrons. The molecule has 4 heteroatoms. The Morgan fingerprint density at radius 1 is 1.45 bits per heavy atom. The van der Waals surface area contributed by atoms with Gasteiger partial charge in [-0.25, -0.2) is 4.79 Å². The first-order chi connectivity index (χ1) is 9.43. The molecule has 2 fully saturated rings. The lowest BCUT2D eigenvalue weighted by Gasteiger charge is -2.43. The predicted octanol–water partition coefficient (Wildman–Crippen LogP) is 2.04. The van der Waals surface area contributed by atoms with E-state index in [0.29, 0.717) is 17.9 Å². The van der Waals surface area contributed by atoms with Crippen LogP contribution >= 0.6 is 0 Å². The third-order valence-electron chi connectivity index (χ3n) is 4.81. The number of hydrogen-bond acceptors (Lipinski definition) is 4. The van der Waals surface area contributed by atoms with Crippen LogP contribution in [0.3, 0.4) is 0 Å². The highest BCUT2D eigenvalue weighted by Gasteiger charge is 2.52. The van der Waals surface area contributed by atoms with Crippen LogP contribution in [-0.4, -0.2) is 49.7 Å². The molecule has 0 radical (unpaired) electrons. The Hall–Kier alpha value is -0.610. The molecule has 1 unspecified atom stereocenters. The zero-order valence-electron chi connectivity index (χ0n) is 13.5. The first-order valence-corrected chi connectivity index (χ1v) is 8.02. The molecule has 1 saturated carbocycles. The van der Waals surface area contributed by atoms with Crippen LogP contribution in [0.2, 0.25) is 0 Å². The van der Waals surface area contributed by atoms with Gasteiger partial charge < -0.3 is 15.0 Å². The van der Waals surface area contributed by atoms with Crippen molar-refractivity contribution in [3.05, 3.63) is 0 Å². The summed E-state index contributed by atoms with van der Waals surface area (Å²) in [5.41, 5.74) is -0.140. The van der Waals surface area contributed by atoms with Crippen molar-refractivity contribution in [3.8, 4) is 0 Å². The van der Waals surface area contributed by atoms with E-state index in [1.165, 1.54) is 12.8 Å². The summed E-state index contributed by atoms with van der Waals surface area (Å²) in [6, 6.07) is 0. The average Bonchev–Trinajstić information content (AvgIpc) is 3.19. The highest BCUT2D eigenvalue weighted by atomic mass is 16.5. The van der Waals surface area contributed by atoms with Crippen LogP contribution < -0.4 is 5.32 Å². The number of carbonyl (C=O) groups is 1. The quantitative estimate of drug-likeness (QED) is 0.757. The van der Waals surface area contributed by atoms with Crippen LogP contribution in [0.4, 0.5) is 0 Å². The van der Waals surface area contributed by atoms with Gasteiger partial charge in [-0.15, -0.1) is 0 Å². The van der Waals surface area contributed by atoms with Gasteiger partial charge in [-0.3, -0.25) is 0 Å². The standard InChI is InChI=1S/C16H30N2O2/c1-5-20-14(19)16(17-4,13-7-8-13)12-18-10-6-9-15(2,3)11-18/h13,17H,5-12H2,1-4H3. The fourth-order valence-corrected chi connectivity index (χ4v) is 3.61. The Morgan fingerprint density at radius 2 is 2.15 bits per heavy atom. The van der Waals surface area contributed by atoms with Crippen molar-refractivity contribution in [1.82, 2.24) is 10.2 Å². The van der Waals surface area contributed by atoms with Gasteiger partial charge in [0.2, 0.25) is 0 Å². The van der Waals surface area contributed by atoms with Crippen LogP contribution in [0.1, 0.15) is 46.5 Å². The van der Waals surface area contributed by atoms with Gasteiger partial charge in [0.15, 0.2) is 0 Å². The van der Waals surface area contributed by atoms with Crippen LogP contribution in [0.5, 0.6) is 0 Å². The molecule has 1 aliphatic heterocycles. The number of carbonyl (C=O) groups excluding carboxylic acids is 1. The molecule has 0 spiro atoms. The molecule has 1 N–H and O–H groups in total. The number of nitrogens with zero attached hydrogens (tertiary/aromatic N) is 1. The third-order valence-corrected chi connectivity index (χ3v) is 4.81. The SMILES string of the molecule is CCOC(=O)C(CN1CCCC(C)(C)C1)(NC)C1CC1. The molecule has 4 nitrogen and oxygen atoms in total. The summed E-state index contributed by atoms with van der Waals surface area (Å²) in [6.45, 7) is 9.94. The average molecular weight is 282 g/mol. The molecule has 2 rings (SSSR count). The summed E-state index contributed by atoms with van der Waals surface area (Å²) in [4.78, 5) is 15.0. The molecule has 0 aromatic heterocycles. The van der Waals surface area contributed by atoms with Crippen LogP contribution in [0.25, 0.3) is 0 Å². The van der Waals surface area contributed by atoms with E-state index in [4.69, 9.17) is 4.74 Å². The molecule has 1 aliphatic carbocycles. The van der Waals surface area contributed by atoms with Gasteiger partial charge in [-0.05, 0) is 57.5 Å². The maximum atomic E-state index is 12.5. The first kappa shape index (κ1) is 15.8. The monoisotopic (exact) mass is 282 g/mol. The second-order valence-electron chi connectivity index (χ2n) is 7.19. The van der Waals surface area contributed by atoms with E-state index >= 15 is 0 Å². The van der Waals surface area contributed by atoms with Crippen molar-refractivity contribution in [2.45, 2.75) is 52.0 Å². The van der Waals surface area contributed by atoms with E-state index in [9.17, 15) is 4.79 Å². The number of nitrogens with one attached hydrogen (secondary N) is 1. The molecule has 0 bridgehead atoms. The number of likely N-dealkylation sites (tertiary alicyclic amines) is 1. The maximum Gasteiger partial charge on any atom is 0.327 e. The van der Waals surface area contributed by atoms with Crippen LogP contribution in [-0.2, 0) is 9.53 Å². The smallest absolute Gasteiger partial charge is 0.327 e. The summed E-state index contributed by atoms with van der Waals surface area (Å²) in [7, 11) is 1.91. The Labute approximate surface area is 123 Å². The molecule has 0 aromatic carbocycles. The molecule has 20 heavy (non-hydrogen) atoms. The van der Waals surface area contributed by atoms with Crippen molar-refractivity contribution < 1.29 is 9.53 Å². The molecule has 1 saturated heterocycles. The Kier molecular flexibility index (Phi) is 4.75. The molecular weight excluding hydrogens is 252 g/mol. The second kappa shape index (κ2) is 6.02. The van der Waals surface area contributed by atoms with Crippen molar-refractivity contribution >= 4 is 5.97 Å². The zero-order valence-corrected chi connectivity index (χ0v) is 13.5. The summed E-state index contributed by atoms with van der Waals surface area (Å²) >= 11 is 0. The van der Waals surface area contributed by atoms with E-state index in [1.54, 1.807) is 0 Å². The van der Waals surface area contributed by atoms with Crippen molar-refractivity contribution in [3.63, 3.8) is 0 Å². The Balaban J connectivity index is 2.09. The molecule has 1 atom stereocenters.